The summed E-state index contributed by atoms with van der Waals surface area (Å²) in [4.78, 5) is 38.0. The lowest BCUT2D eigenvalue weighted by atomic mass is 9.77. The Kier molecular flexibility index (Phi) is 6.22. The maximum atomic E-state index is 12.9. The summed E-state index contributed by atoms with van der Waals surface area (Å²) in [7, 11) is -3.88. The van der Waals surface area contributed by atoms with Crippen LogP contribution in [0.5, 0.6) is 0 Å². The minimum absolute atomic E-state index is 0.0106. The van der Waals surface area contributed by atoms with Crippen LogP contribution in [0.2, 0.25) is 0 Å². The zero-order valence-electron chi connectivity index (χ0n) is 18.2. The van der Waals surface area contributed by atoms with Crippen LogP contribution in [0.15, 0.2) is 59.5 Å². The zero-order valence-corrected chi connectivity index (χ0v) is 19.0. The Morgan fingerprint density at radius 2 is 1.79 bits per heavy atom. The number of sulfonamides is 1. The van der Waals surface area contributed by atoms with Gasteiger partial charge in [-0.15, -0.1) is 0 Å². The molecule has 0 atom stereocenters. The highest BCUT2D eigenvalue weighted by atomic mass is 32.2. The molecule has 1 aliphatic carbocycles. The molecule has 4 amide bonds. The first-order valence-electron chi connectivity index (χ1n) is 10.8. The maximum absolute atomic E-state index is 12.9. The van der Waals surface area contributed by atoms with E-state index < -0.39 is 33.4 Å². The van der Waals surface area contributed by atoms with E-state index in [9.17, 15) is 22.8 Å². The number of hydrazine groups is 1. The highest BCUT2D eigenvalue weighted by Gasteiger charge is 2.52. The van der Waals surface area contributed by atoms with Crippen molar-refractivity contribution in [1.29, 1.82) is 0 Å². The van der Waals surface area contributed by atoms with E-state index in [-0.39, 0.29) is 17.0 Å². The summed E-state index contributed by atoms with van der Waals surface area (Å²) in [5.41, 5.74) is 2.15. The molecule has 3 N–H and O–H groups in total. The van der Waals surface area contributed by atoms with Gasteiger partial charge < -0.3 is 5.32 Å². The first kappa shape index (κ1) is 22.9. The molecule has 0 bridgehead atoms. The second-order valence-corrected chi connectivity index (χ2v) is 10.4. The first-order chi connectivity index (χ1) is 15.7. The van der Waals surface area contributed by atoms with Gasteiger partial charge in [-0.2, -0.15) is 5.01 Å². The van der Waals surface area contributed by atoms with Crippen LogP contribution in [-0.4, -0.2) is 36.8 Å². The molecule has 33 heavy (non-hydrogen) atoms. The molecule has 1 saturated heterocycles. The average molecular weight is 471 g/mol. The number of carbonyl (C=O) groups is 3. The van der Waals surface area contributed by atoms with Gasteiger partial charge in [0, 0.05) is 12.1 Å². The summed E-state index contributed by atoms with van der Waals surface area (Å²) in [6.45, 7) is 2.20. The topological polar surface area (TPSA) is 125 Å². The molecule has 1 heterocycles. The van der Waals surface area contributed by atoms with Gasteiger partial charge in [0.05, 0.1) is 4.90 Å². The van der Waals surface area contributed by atoms with Crippen LogP contribution in [-0.2, 0) is 21.4 Å². The first-order valence-corrected chi connectivity index (χ1v) is 12.3. The summed E-state index contributed by atoms with van der Waals surface area (Å²) in [6, 6.07) is 13.8. The molecule has 2 aromatic rings. The van der Waals surface area contributed by atoms with Crippen molar-refractivity contribution >= 4 is 27.9 Å². The van der Waals surface area contributed by atoms with E-state index in [1.807, 2.05) is 18.2 Å². The van der Waals surface area contributed by atoms with Gasteiger partial charge in [-0.25, -0.2) is 17.9 Å². The van der Waals surface area contributed by atoms with Crippen LogP contribution in [0.4, 0.5) is 4.79 Å². The van der Waals surface area contributed by atoms with Crippen molar-refractivity contribution in [2.45, 2.75) is 49.6 Å². The second kappa shape index (κ2) is 8.95. The number of rotatable bonds is 6. The van der Waals surface area contributed by atoms with Gasteiger partial charge in [0.25, 0.3) is 11.8 Å². The molecule has 10 heteroatoms. The second-order valence-electron chi connectivity index (χ2n) is 8.61. The van der Waals surface area contributed by atoms with Crippen molar-refractivity contribution in [2.24, 2.45) is 5.92 Å². The molecule has 9 nitrogen and oxygen atoms in total. The number of benzene rings is 2. The zero-order chi connectivity index (χ0) is 23.6. The summed E-state index contributed by atoms with van der Waals surface area (Å²) >= 11 is 0. The molecule has 2 aliphatic rings. The minimum Gasteiger partial charge on any atom is -0.322 e. The highest BCUT2D eigenvalue weighted by Crippen LogP contribution is 2.35. The third-order valence-electron chi connectivity index (χ3n) is 6.22. The molecule has 0 radical (unpaired) electrons. The molecule has 1 spiro atoms. The normalized spacial score (nSPS) is 22.9. The lowest BCUT2D eigenvalue weighted by Crippen LogP contribution is -2.51. The Hall–Kier alpha value is -3.24. The van der Waals surface area contributed by atoms with E-state index in [1.165, 1.54) is 24.3 Å². The predicted molar refractivity (Wildman–Crippen MR) is 120 cm³/mol. The number of nitrogens with one attached hydrogen (secondary N) is 3. The molecule has 1 aliphatic heterocycles. The number of hydrogen-bond acceptors (Lipinski definition) is 5. The van der Waals surface area contributed by atoms with Crippen molar-refractivity contribution in [1.82, 2.24) is 20.5 Å². The molecular weight excluding hydrogens is 444 g/mol. The van der Waals surface area contributed by atoms with Crippen molar-refractivity contribution in [3.05, 3.63) is 65.7 Å². The van der Waals surface area contributed by atoms with Gasteiger partial charge in [-0.1, -0.05) is 43.3 Å². The molecule has 0 unspecified atom stereocenters. The lowest BCUT2D eigenvalue weighted by Gasteiger charge is -2.33. The Morgan fingerprint density at radius 1 is 1.09 bits per heavy atom. The smallest absolute Gasteiger partial charge is 0.322 e. The fourth-order valence-corrected chi connectivity index (χ4v) is 5.21. The number of nitrogens with zero attached hydrogens (tertiary/aromatic N) is 1. The van der Waals surface area contributed by atoms with E-state index in [1.54, 1.807) is 12.1 Å². The standard InChI is InChI=1S/C23H26N4O5S/c1-16-10-12-23(13-11-16)21(29)27(22(30)25-23)26-20(28)18-8-5-9-19(14-18)33(31,32)24-15-17-6-3-2-4-7-17/h2-9,14,16,24H,10-13,15H2,1H3,(H,25,30)(H,26,28). The van der Waals surface area contributed by atoms with Crippen LogP contribution in [0.25, 0.3) is 0 Å². The fourth-order valence-electron chi connectivity index (χ4n) is 4.14. The maximum Gasteiger partial charge on any atom is 0.344 e. The summed E-state index contributed by atoms with van der Waals surface area (Å²) in [5.74, 6) is -0.759. The fraction of sp³-hybridized carbons (Fsp3) is 0.348. The van der Waals surface area contributed by atoms with E-state index >= 15 is 0 Å². The third-order valence-corrected chi connectivity index (χ3v) is 7.62. The molecular formula is C23H26N4O5S. The van der Waals surface area contributed by atoms with Crippen molar-refractivity contribution in [2.75, 3.05) is 0 Å². The molecule has 2 fully saturated rings. The van der Waals surface area contributed by atoms with Gasteiger partial charge in [-0.3, -0.25) is 15.0 Å². The quantitative estimate of drug-likeness (QED) is 0.559. The number of amides is 4. The Bertz CT molecular complexity index is 1170. The van der Waals surface area contributed by atoms with Crippen LogP contribution in [0, 0.1) is 5.92 Å². The Balaban J connectivity index is 1.45. The summed E-state index contributed by atoms with van der Waals surface area (Å²) in [6.07, 6.45) is 2.66. The predicted octanol–water partition coefficient (Wildman–Crippen LogP) is 2.31. The van der Waals surface area contributed by atoms with Crippen LogP contribution >= 0.6 is 0 Å². The van der Waals surface area contributed by atoms with Crippen molar-refractivity contribution < 1.29 is 22.8 Å². The van der Waals surface area contributed by atoms with Gasteiger partial charge in [0.2, 0.25) is 10.0 Å². The Morgan fingerprint density at radius 3 is 2.48 bits per heavy atom. The van der Waals surface area contributed by atoms with Gasteiger partial charge in [-0.05, 0) is 55.4 Å². The van der Waals surface area contributed by atoms with Crippen molar-refractivity contribution in [3.63, 3.8) is 0 Å². The van der Waals surface area contributed by atoms with Gasteiger partial charge in [0.1, 0.15) is 5.54 Å². The van der Waals surface area contributed by atoms with E-state index in [0.717, 1.165) is 18.4 Å². The molecule has 174 valence electrons. The van der Waals surface area contributed by atoms with Crippen molar-refractivity contribution in [3.8, 4) is 0 Å². The largest absolute Gasteiger partial charge is 0.344 e. The average Bonchev–Trinajstić information content (AvgIpc) is 3.04. The van der Waals surface area contributed by atoms with E-state index in [2.05, 4.69) is 22.4 Å². The highest BCUT2D eigenvalue weighted by molar-refractivity contribution is 7.89. The molecule has 2 aromatic carbocycles. The van der Waals surface area contributed by atoms with Crippen LogP contribution in [0.3, 0.4) is 0 Å². The molecule has 4 rings (SSSR count). The van der Waals surface area contributed by atoms with Crippen LogP contribution in [0.1, 0.15) is 48.5 Å². The van der Waals surface area contributed by atoms with Gasteiger partial charge in [0.15, 0.2) is 0 Å². The Labute approximate surface area is 192 Å². The molecule has 1 saturated carbocycles. The monoisotopic (exact) mass is 470 g/mol. The van der Waals surface area contributed by atoms with Gasteiger partial charge >= 0.3 is 6.03 Å². The number of imide groups is 1. The third kappa shape index (κ3) is 4.76. The number of hydrogen-bond donors (Lipinski definition) is 3. The summed E-state index contributed by atoms with van der Waals surface area (Å²) < 4.78 is 27.9. The van der Waals surface area contributed by atoms with E-state index in [0.29, 0.717) is 23.8 Å². The van der Waals surface area contributed by atoms with E-state index in [4.69, 9.17) is 0 Å². The summed E-state index contributed by atoms with van der Waals surface area (Å²) in [5, 5.41) is 3.43. The lowest BCUT2D eigenvalue weighted by molar-refractivity contribution is -0.134. The molecule has 0 aromatic heterocycles. The minimum atomic E-state index is -3.88. The SMILES string of the molecule is CC1CCC2(CC1)NC(=O)N(NC(=O)c1cccc(S(=O)(=O)NCc3ccccc3)c1)C2=O. The number of carbonyl (C=O) groups excluding carboxylic acids is 3. The van der Waals surface area contributed by atoms with Crippen LogP contribution < -0.4 is 15.5 Å². The number of urea groups is 1.